The smallest absolute Gasteiger partial charge is 0.124 e. The predicted octanol–water partition coefficient (Wildman–Crippen LogP) is 2.08. The maximum Gasteiger partial charge on any atom is 0.124 e. The van der Waals surface area contributed by atoms with Crippen LogP contribution in [0.15, 0.2) is 18.2 Å². The lowest BCUT2D eigenvalue weighted by molar-refractivity contribution is 0.122. The average Bonchev–Trinajstić information content (AvgIpc) is 2.24. The Kier molecular flexibility index (Phi) is 5.38. The second-order valence-electron chi connectivity index (χ2n) is 4.45. The van der Waals surface area contributed by atoms with Crippen molar-refractivity contribution >= 4 is 0 Å². The molecule has 1 aromatic rings. The van der Waals surface area contributed by atoms with Crippen LogP contribution in [-0.4, -0.2) is 23.9 Å². The molecule has 1 unspecified atom stereocenters. The summed E-state index contributed by atoms with van der Waals surface area (Å²) in [6.45, 7) is 6.45. The van der Waals surface area contributed by atoms with Crippen molar-refractivity contribution in [3.05, 3.63) is 29.6 Å². The Morgan fingerprint density at radius 1 is 1.35 bits per heavy atom. The number of hydrogen-bond donors (Lipinski definition) is 2. The number of rotatable bonds is 6. The fourth-order valence-corrected chi connectivity index (χ4v) is 1.35. The molecule has 0 aromatic heterocycles. The van der Waals surface area contributed by atoms with Gasteiger partial charge in [-0.1, -0.05) is 13.8 Å². The summed E-state index contributed by atoms with van der Waals surface area (Å²) in [5, 5.41) is 12.4. The maximum absolute atomic E-state index is 13.1. The van der Waals surface area contributed by atoms with E-state index in [-0.39, 0.29) is 12.4 Å². The van der Waals surface area contributed by atoms with Gasteiger partial charge in [-0.15, -0.1) is 0 Å². The summed E-state index contributed by atoms with van der Waals surface area (Å²) in [5.74, 6) is 0.329. The zero-order valence-corrected chi connectivity index (χ0v) is 10.5. The van der Waals surface area contributed by atoms with E-state index in [4.69, 9.17) is 9.84 Å². The van der Waals surface area contributed by atoms with Crippen molar-refractivity contribution in [3.8, 4) is 5.75 Å². The van der Waals surface area contributed by atoms with Gasteiger partial charge >= 0.3 is 0 Å². The largest absolute Gasteiger partial charge is 0.491 e. The molecule has 0 saturated heterocycles. The molecular formula is C13H20FNO2. The topological polar surface area (TPSA) is 41.5 Å². The lowest BCUT2D eigenvalue weighted by atomic mass is 10.2. The van der Waals surface area contributed by atoms with Crippen LogP contribution in [0.5, 0.6) is 5.75 Å². The van der Waals surface area contributed by atoms with Crippen molar-refractivity contribution in [2.24, 2.45) is 0 Å². The van der Waals surface area contributed by atoms with Crippen LogP contribution in [0.25, 0.3) is 0 Å². The Hall–Kier alpha value is -1.13. The Morgan fingerprint density at radius 2 is 2.06 bits per heavy atom. The lowest BCUT2D eigenvalue weighted by Gasteiger charge is -2.14. The van der Waals surface area contributed by atoms with Crippen LogP contribution in [0, 0.1) is 5.82 Å². The predicted molar refractivity (Wildman–Crippen MR) is 65.6 cm³/mol. The molecule has 1 atom stereocenters. The van der Waals surface area contributed by atoms with Crippen molar-refractivity contribution in [1.29, 1.82) is 0 Å². The first-order valence-electron chi connectivity index (χ1n) is 5.81. The molecule has 0 heterocycles. The van der Waals surface area contributed by atoms with Gasteiger partial charge in [-0.25, -0.2) is 4.39 Å². The molecule has 1 aromatic carbocycles. The minimum atomic E-state index is -0.536. The summed E-state index contributed by atoms with van der Waals surface area (Å²) >= 11 is 0. The number of benzene rings is 1. The van der Waals surface area contributed by atoms with Crippen LogP contribution < -0.4 is 10.1 Å². The van der Waals surface area contributed by atoms with E-state index in [1.807, 2.05) is 13.8 Å². The molecule has 2 N–H and O–H groups in total. The summed E-state index contributed by atoms with van der Waals surface area (Å²) in [6, 6.07) is 4.72. The molecule has 0 aliphatic carbocycles. The summed E-state index contributed by atoms with van der Waals surface area (Å²) in [7, 11) is 0. The van der Waals surface area contributed by atoms with Crippen molar-refractivity contribution < 1.29 is 14.2 Å². The summed E-state index contributed by atoms with van der Waals surface area (Å²) in [6.07, 6.45) is -0.536. The molecule has 3 nitrogen and oxygen atoms in total. The number of ether oxygens (including phenoxy) is 1. The zero-order valence-electron chi connectivity index (χ0n) is 10.5. The van der Waals surface area contributed by atoms with E-state index >= 15 is 0 Å². The summed E-state index contributed by atoms with van der Waals surface area (Å²) in [4.78, 5) is 0. The van der Waals surface area contributed by atoms with Crippen LogP contribution in [0.1, 0.15) is 26.3 Å². The van der Waals surface area contributed by atoms with Gasteiger partial charge in [0.15, 0.2) is 0 Å². The Balaban J connectivity index is 2.72. The van der Waals surface area contributed by atoms with Gasteiger partial charge in [-0.05, 0) is 25.1 Å². The summed E-state index contributed by atoms with van der Waals surface area (Å²) in [5.41, 5.74) is 0.763. The maximum atomic E-state index is 13.1. The molecule has 0 radical (unpaired) electrons. The second kappa shape index (κ2) is 6.57. The van der Waals surface area contributed by atoms with E-state index < -0.39 is 6.10 Å². The van der Waals surface area contributed by atoms with Crippen LogP contribution in [0.2, 0.25) is 0 Å². The molecule has 1 rings (SSSR count). The Morgan fingerprint density at radius 3 is 2.65 bits per heavy atom. The molecule has 0 amide bonds. The van der Waals surface area contributed by atoms with Crippen LogP contribution in [0.4, 0.5) is 4.39 Å². The number of nitrogens with one attached hydrogen (secondary N) is 1. The minimum absolute atomic E-state index is 0.209. The number of halogens is 1. The third-order valence-electron chi connectivity index (χ3n) is 2.20. The van der Waals surface area contributed by atoms with Crippen molar-refractivity contribution in [1.82, 2.24) is 5.32 Å². The van der Waals surface area contributed by atoms with Gasteiger partial charge < -0.3 is 15.2 Å². The number of aliphatic hydroxyl groups is 1. The molecular weight excluding hydrogens is 221 g/mol. The third kappa shape index (κ3) is 5.15. The second-order valence-corrected chi connectivity index (χ2v) is 4.45. The van der Waals surface area contributed by atoms with Gasteiger partial charge in [0.2, 0.25) is 0 Å². The van der Waals surface area contributed by atoms with E-state index in [0.29, 0.717) is 18.3 Å². The van der Waals surface area contributed by atoms with Gasteiger partial charge in [0, 0.05) is 18.2 Å². The van der Waals surface area contributed by atoms with Gasteiger partial charge in [0.05, 0.1) is 6.10 Å². The highest BCUT2D eigenvalue weighted by atomic mass is 19.1. The minimum Gasteiger partial charge on any atom is -0.491 e. The van der Waals surface area contributed by atoms with E-state index in [9.17, 15) is 4.39 Å². The normalized spacial score (nSPS) is 12.8. The molecule has 0 aliphatic heterocycles. The van der Waals surface area contributed by atoms with Crippen LogP contribution >= 0.6 is 0 Å². The standard InChI is InChI=1S/C13H20FNO2/c1-9(2)15-7-11-6-12(14)4-5-13(11)17-8-10(3)16/h4-6,9-10,15-16H,7-8H2,1-3H3. The average molecular weight is 241 g/mol. The highest BCUT2D eigenvalue weighted by Crippen LogP contribution is 2.20. The zero-order chi connectivity index (χ0) is 12.8. The van der Waals surface area contributed by atoms with Crippen molar-refractivity contribution in [2.75, 3.05) is 6.61 Å². The molecule has 0 bridgehead atoms. The monoisotopic (exact) mass is 241 g/mol. The first kappa shape index (κ1) is 13.9. The first-order chi connectivity index (χ1) is 7.99. The van der Waals surface area contributed by atoms with E-state index in [1.54, 1.807) is 13.0 Å². The molecule has 0 aliphatic rings. The van der Waals surface area contributed by atoms with Gasteiger partial charge in [0.1, 0.15) is 18.2 Å². The van der Waals surface area contributed by atoms with Gasteiger partial charge in [-0.2, -0.15) is 0 Å². The summed E-state index contributed by atoms with van der Waals surface area (Å²) < 4.78 is 18.6. The van der Waals surface area contributed by atoms with Crippen LogP contribution in [0.3, 0.4) is 0 Å². The number of aliphatic hydroxyl groups excluding tert-OH is 1. The van der Waals surface area contributed by atoms with Gasteiger partial charge in [-0.3, -0.25) is 0 Å². The fourth-order valence-electron chi connectivity index (χ4n) is 1.35. The molecule has 17 heavy (non-hydrogen) atoms. The molecule has 96 valence electrons. The Bertz CT molecular complexity index is 353. The lowest BCUT2D eigenvalue weighted by Crippen LogP contribution is -2.22. The Labute approximate surface area is 102 Å². The third-order valence-corrected chi connectivity index (χ3v) is 2.20. The number of hydrogen-bond acceptors (Lipinski definition) is 3. The molecule has 0 fully saturated rings. The SMILES string of the molecule is CC(O)COc1ccc(F)cc1CNC(C)C. The quantitative estimate of drug-likeness (QED) is 0.801. The highest BCUT2D eigenvalue weighted by Gasteiger charge is 2.07. The fraction of sp³-hybridized carbons (Fsp3) is 0.538. The van der Waals surface area contributed by atoms with E-state index in [1.165, 1.54) is 12.1 Å². The first-order valence-corrected chi connectivity index (χ1v) is 5.81. The van der Waals surface area contributed by atoms with Crippen molar-refractivity contribution in [2.45, 2.75) is 39.5 Å². The van der Waals surface area contributed by atoms with Crippen molar-refractivity contribution in [3.63, 3.8) is 0 Å². The molecule has 0 spiro atoms. The van der Waals surface area contributed by atoms with Gasteiger partial charge in [0.25, 0.3) is 0 Å². The molecule has 0 saturated carbocycles. The molecule has 4 heteroatoms. The van der Waals surface area contributed by atoms with Crippen LogP contribution in [-0.2, 0) is 6.54 Å². The highest BCUT2D eigenvalue weighted by molar-refractivity contribution is 5.34. The van der Waals surface area contributed by atoms with E-state index in [0.717, 1.165) is 5.56 Å². The van der Waals surface area contributed by atoms with E-state index in [2.05, 4.69) is 5.32 Å².